The molecule has 0 aromatic carbocycles. The van der Waals surface area contributed by atoms with Crippen molar-refractivity contribution in [2.45, 2.75) is 12.8 Å². The second-order valence-electron chi connectivity index (χ2n) is 6.45. The van der Waals surface area contributed by atoms with Crippen LogP contribution in [0.15, 0.2) is 18.5 Å². The van der Waals surface area contributed by atoms with E-state index in [1.54, 1.807) is 13.2 Å². The van der Waals surface area contributed by atoms with Gasteiger partial charge in [0.25, 0.3) is 17.5 Å². The number of nitrogens with zero attached hydrogens (tertiary/aromatic N) is 3. The molecule has 0 aliphatic carbocycles. The molecule has 0 aliphatic heterocycles. The Bertz CT molecular complexity index is 852. The molecule has 27 heavy (non-hydrogen) atoms. The summed E-state index contributed by atoms with van der Waals surface area (Å²) >= 11 is 0. The predicted octanol–water partition coefficient (Wildman–Crippen LogP) is 1.37. The van der Waals surface area contributed by atoms with Crippen molar-refractivity contribution >= 4 is 23.2 Å². The molecule has 0 fully saturated rings. The van der Waals surface area contributed by atoms with Crippen LogP contribution in [0.2, 0.25) is 0 Å². The van der Waals surface area contributed by atoms with Crippen LogP contribution >= 0.6 is 0 Å². The fourth-order valence-corrected chi connectivity index (χ4v) is 2.78. The standard InChI is InChI=1S/C17H24N6O4/c1-18-17(25)15-12(6-5-7-21(2)3)13(9-19-15)20-16(24)14-8-11(23(26)27)10-22(14)4/h8-10,19H,5-7H2,1-4H3,(H,18,25)(H,20,24). The maximum absolute atomic E-state index is 12.6. The first-order chi connectivity index (χ1) is 12.7. The lowest BCUT2D eigenvalue weighted by Gasteiger charge is -2.11. The van der Waals surface area contributed by atoms with Crippen LogP contribution in [0.1, 0.15) is 33.0 Å². The molecule has 2 amide bonds. The number of aromatic amines is 1. The molecule has 3 N–H and O–H groups in total. The zero-order chi connectivity index (χ0) is 20.1. The van der Waals surface area contributed by atoms with Crippen LogP contribution in [0.4, 0.5) is 11.4 Å². The van der Waals surface area contributed by atoms with Gasteiger partial charge in [0, 0.05) is 31.9 Å². The van der Waals surface area contributed by atoms with Crippen molar-refractivity contribution in [1.29, 1.82) is 0 Å². The lowest BCUT2D eigenvalue weighted by atomic mass is 10.1. The van der Waals surface area contributed by atoms with E-state index < -0.39 is 10.8 Å². The molecule has 146 valence electrons. The van der Waals surface area contributed by atoms with Crippen LogP contribution in [0.25, 0.3) is 0 Å². The molecule has 2 aromatic heterocycles. The van der Waals surface area contributed by atoms with Gasteiger partial charge >= 0.3 is 0 Å². The smallest absolute Gasteiger partial charge is 0.287 e. The summed E-state index contributed by atoms with van der Waals surface area (Å²) in [5, 5.41) is 16.2. The van der Waals surface area contributed by atoms with Gasteiger partial charge in [-0.3, -0.25) is 19.7 Å². The van der Waals surface area contributed by atoms with Crippen molar-refractivity contribution < 1.29 is 14.5 Å². The lowest BCUT2D eigenvalue weighted by molar-refractivity contribution is -0.384. The number of carbonyl (C=O) groups excluding carboxylic acids is 2. The van der Waals surface area contributed by atoms with E-state index in [9.17, 15) is 19.7 Å². The summed E-state index contributed by atoms with van der Waals surface area (Å²) in [6, 6.07) is 1.22. The number of amides is 2. The third kappa shape index (κ3) is 4.73. The van der Waals surface area contributed by atoms with E-state index in [-0.39, 0.29) is 17.3 Å². The van der Waals surface area contributed by atoms with Gasteiger partial charge in [-0.1, -0.05) is 0 Å². The summed E-state index contributed by atoms with van der Waals surface area (Å²) < 4.78 is 1.39. The lowest BCUT2D eigenvalue weighted by Crippen LogP contribution is -2.21. The minimum atomic E-state index is -0.552. The van der Waals surface area contributed by atoms with Gasteiger partial charge in [0.2, 0.25) is 0 Å². The quantitative estimate of drug-likeness (QED) is 0.474. The Balaban J connectivity index is 2.26. The predicted molar refractivity (Wildman–Crippen MR) is 101 cm³/mol. The molecule has 2 heterocycles. The van der Waals surface area contributed by atoms with Crippen LogP contribution in [-0.2, 0) is 13.5 Å². The number of rotatable bonds is 8. The summed E-state index contributed by atoms with van der Waals surface area (Å²) in [6.45, 7) is 0.829. The normalized spacial score (nSPS) is 10.9. The molecule has 2 aromatic rings. The highest BCUT2D eigenvalue weighted by atomic mass is 16.6. The molecule has 0 saturated carbocycles. The highest BCUT2D eigenvalue weighted by Gasteiger charge is 2.21. The molecule has 0 saturated heterocycles. The van der Waals surface area contributed by atoms with Gasteiger partial charge in [0.15, 0.2) is 0 Å². The number of aromatic nitrogens is 2. The van der Waals surface area contributed by atoms with Crippen LogP contribution in [0.5, 0.6) is 0 Å². The summed E-state index contributed by atoms with van der Waals surface area (Å²) in [4.78, 5) is 39.9. The molecule has 0 aliphatic rings. The number of carbonyl (C=O) groups is 2. The maximum Gasteiger partial charge on any atom is 0.287 e. The minimum absolute atomic E-state index is 0.156. The van der Waals surface area contributed by atoms with Gasteiger partial charge in [-0.2, -0.15) is 0 Å². The monoisotopic (exact) mass is 376 g/mol. The van der Waals surface area contributed by atoms with E-state index in [4.69, 9.17) is 0 Å². The zero-order valence-corrected chi connectivity index (χ0v) is 15.8. The molecule has 10 heteroatoms. The Kier molecular flexibility index (Phi) is 6.35. The SMILES string of the molecule is CNC(=O)c1[nH]cc(NC(=O)c2cc([N+](=O)[O-])cn2C)c1CCCN(C)C. The number of H-pyrrole nitrogens is 1. The van der Waals surface area contributed by atoms with Crippen LogP contribution < -0.4 is 10.6 Å². The number of hydrogen-bond acceptors (Lipinski definition) is 5. The molecular weight excluding hydrogens is 352 g/mol. The Morgan fingerprint density at radius 2 is 2.04 bits per heavy atom. The maximum atomic E-state index is 12.6. The zero-order valence-electron chi connectivity index (χ0n) is 15.8. The van der Waals surface area contributed by atoms with Crippen molar-refractivity contribution in [1.82, 2.24) is 19.8 Å². The first-order valence-corrected chi connectivity index (χ1v) is 8.43. The van der Waals surface area contributed by atoms with E-state index in [0.29, 0.717) is 23.4 Å². The first kappa shape index (κ1) is 20.2. The third-order valence-corrected chi connectivity index (χ3v) is 4.16. The Labute approximate surface area is 156 Å². The topological polar surface area (TPSA) is 125 Å². The second-order valence-corrected chi connectivity index (χ2v) is 6.45. The van der Waals surface area contributed by atoms with Crippen LogP contribution in [0.3, 0.4) is 0 Å². The van der Waals surface area contributed by atoms with Crippen molar-refractivity contribution in [2.75, 3.05) is 33.0 Å². The largest absolute Gasteiger partial charge is 0.355 e. The molecule has 2 rings (SSSR count). The highest BCUT2D eigenvalue weighted by molar-refractivity contribution is 6.05. The van der Waals surface area contributed by atoms with Crippen molar-refractivity contribution in [3.8, 4) is 0 Å². The molecular formula is C17H24N6O4. The second kappa shape index (κ2) is 8.49. The number of hydrogen-bond donors (Lipinski definition) is 3. The van der Waals surface area contributed by atoms with E-state index in [1.165, 1.54) is 23.9 Å². The van der Waals surface area contributed by atoms with E-state index in [0.717, 1.165) is 13.0 Å². The van der Waals surface area contributed by atoms with E-state index >= 15 is 0 Å². The van der Waals surface area contributed by atoms with Gasteiger partial charge in [-0.05, 0) is 33.5 Å². The van der Waals surface area contributed by atoms with Crippen LogP contribution in [-0.4, -0.2) is 58.9 Å². The minimum Gasteiger partial charge on any atom is -0.355 e. The molecule has 10 nitrogen and oxygen atoms in total. The fourth-order valence-electron chi connectivity index (χ4n) is 2.78. The van der Waals surface area contributed by atoms with E-state index in [1.807, 2.05) is 19.0 Å². The number of anilines is 1. The summed E-state index contributed by atoms with van der Waals surface area (Å²) in [7, 11) is 7.02. The van der Waals surface area contributed by atoms with Gasteiger partial charge in [-0.25, -0.2) is 0 Å². The highest BCUT2D eigenvalue weighted by Crippen LogP contribution is 2.23. The average molecular weight is 376 g/mol. The first-order valence-electron chi connectivity index (χ1n) is 8.43. The molecule has 0 unspecified atom stereocenters. The summed E-state index contributed by atoms with van der Waals surface area (Å²) in [5.41, 5.74) is 1.58. The fraction of sp³-hybridized carbons (Fsp3) is 0.412. The van der Waals surface area contributed by atoms with Gasteiger partial charge < -0.3 is 25.1 Å². The van der Waals surface area contributed by atoms with E-state index in [2.05, 4.69) is 15.6 Å². The van der Waals surface area contributed by atoms with Gasteiger partial charge in [-0.15, -0.1) is 0 Å². The van der Waals surface area contributed by atoms with Crippen molar-refractivity contribution in [3.63, 3.8) is 0 Å². The summed E-state index contributed by atoms with van der Waals surface area (Å²) in [5.74, 6) is -0.758. The number of nitrogens with one attached hydrogen (secondary N) is 3. The number of nitro groups is 1. The molecule has 0 spiro atoms. The van der Waals surface area contributed by atoms with Crippen molar-refractivity contribution in [3.05, 3.63) is 45.5 Å². The van der Waals surface area contributed by atoms with Gasteiger partial charge in [0.1, 0.15) is 11.4 Å². The van der Waals surface area contributed by atoms with Crippen molar-refractivity contribution in [2.24, 2.45) is 7.05 Å². The Morgan fingerprint density at radius 1 is 1.33 bits per heavy atom. The Hall–Kier alpha value is -3.14. The summed E-state index contributed by atoms with van der Waals surface area (Å²) in [6.07, 6.45) is 4.23. The third-order valence-electron chi connectivity index (χ3n) is 4.16. The molecule has 0 bridgehead atoms. The van der Waals surface area contributed by atoms with Crippen LogP contribution in [0, 0.1) is 10.1 Å². The average Bonchev–Trinajstić information content (AvgIpc) is 3.18. The Morgan fingerprint density at radius 3 is 2.59 bits per heavy atom. The van der Waals surface area contributed by atoms with Gasteiger partial charge in [0.05, 0.1) is 16.8 Å². The molecule has 0 atom stereocenters. The number of aryl methyl sites for hydroxylation is 1. The molecule has 0 radical (unpaired) electrons.